The Morgan fingerprint density at radius 3 is 2.72 bits per heavy atom. The van der Waals surface area contributed by atoms with Gasteiger partial charge in [-0.3, -0.25) is 0 Å². The smallest absolute Gasteiger partial charge is 0.133 e. The van der Waals surface area contributed by atoms with Gasteiger partial charge in [-0.05, 0) is 30.5 Å². The molecule has 0 aliphatic rings. The first-order valence-corrected chi connectivity index (χ1v) is 6.25. The Kier molecular flexibility index (Phi) is 3.57. The number of hydrogen-bond acceptors (Lipinski definition) is 2. The molecule has 18 heavy (non-hydrogen) atoms. The van der Waals surface area contributed by atoms with Gasteiger partial charge in [0, 0.05) is 11.1 Å². The average Bonchev–Trinajstić information content (AvgIpc) is 2.31. The van der Waals surface area contributed by atoms with Gasteiger partial charge in [-0.1, -0.05) is 32.1 Å². The second-order valence-corrected chi connectivity index (χ2v) is 5.00. The molecule has 1 N–H and O–H groups in total. The van der Waals surface area contributed by atoms with E-state index < -0.39 is 0 Å². The van der Waals surface area contributed by atoms with E-state index in [0.717, 1.165) is 22.4 Å². The molecule has 0 amide bonds. The van der Waals surface area contributed by atoms with Crippen LogP contribution in [0.2, 0.25) is 0 Å². The van der Waals surface area contributed by atoms with Crippen LogP contribution in [0.25, 0.3) is 11.3 Å². The number of aromatic amines is 1. The number of nitrogens with one attached hydrogen (secondary N) is 1. The van der Waals surface area contributed by atoms with Crippen molar-refractivity contribution in [2.24, 2.45) is 0 Å². The molecule has 0 aliphatic heterocycles. The molecule has 0 fully saturated rings. The van der Waals surface area contributed by atoms with Crippen LogP contribution in [0.15, 0.2) is 24.5 Å². The van der Waals surface area contributed by atoms with E-state index in [1.54, 1.807) is 12.4 Å². The van der Waals surface area contributed by atoms with Crippen LogP contribution in [-0.2, 0) is 0 Å². The molecule has 0 radical (unpaired) electrons. The predicted octanol–water partition coefficient (Wildman–Crippen LogP) is 4.38. The van der Waals surface area contributed by atoms with Crippen molar-refractivity contribution in [2.75, 3.05) is 0 Å². The van der Waals surface area contributed by atoms with Gasteiger partial charge in [0.15, 0.2) is 0 Å². The molecule has 1 aromatic carbocycles. The zero-order chi connectivity index (χ0) is 13.3. The van der Waals surface area contributed by atoms with E-state index in [0.29, 0.717) is 4.64 Å². The summed E-state index contributed by atoms with van der Waals surface area (Å²) in [7, 11) is 0. The lowest BCUT2D eigenvalue weighted by atomic mass is 9.96. The first kappa shape index (κ1) is 12.9. The quantitative estimate of drug-likeness (QED) is 0.814. The molecular formula is C14H15FN2S. The number of aromatic nitrogens is 2. The van der Waals surface area contributed by atoms with Crippen molar-refractivity contribution >= 4 is 12.2 Å². The van der Waals surface area contributed by atoms with E-state index in [1.807, 2.05) is 6.92 Å². The number of nitrogens with zero attached hydrogens (tertiary/aromatic N) is 1. The maximum Gasteiger partial charge on any atom is 0.133 e. The van der Waals surface area contributed by atoms with E-state index in [4.69, 9.17) is 12.2 Å². The maximum absolute atomic E-state index is 13.4. The molecule has 0 saturated heterocycles. The lowest BCUT2D eigenvalue weighted by Gasteiger charge is -2.14. The summed E-state index contributed by atoms with van der Waals surface area (Å²) in [4.78, 5) is 7.20. The van der Waals surface area contributed by atoms with Crippen LogP contribution in [0.3, 0.4) is 0 Å². The van der Waals surface area contributed by atoms with Crippen LogP contribution in [0.1, 0.15) is 30.9 Å². The lowest BCUT2D eigenvalue weighted by molar-refractivity contribution is 0.627. The maximum atomic E-state index is 13.4. The Bertz CT molecular complexity index is 632. The van der Waals surface area contributed by atoms with Gasteiger partial charge in [-0.2, -0.15) is 0 Å². The van der Waals surface area contributed by atoms with E-state index in [1.165, 1.54) is 12.1 Å². The van der Waals surface area contributed by atoms with Crippen molar-refractivity contribution in [1.82, 2.24) is 9.97 Å². The van der Waals surface area contributed by atoms with Gasteiger partial charge < -0.3 is 4.98 Å². The molecule has 2 nitrogen and oxygen atoms in total. The molecular weight excluding hydrogens is 247 g/mol. The van der Waals surface area contributed by atoms with Gasteiger partial charge in [-0.25, -0.2) is 9.37 Å². The van der Waals surface area contributed by atoms with Crippen LogP contribution in [0.5, 0.6) is 0 Å². The number of halogens is 1. The Balaban J connectivity index is 2.75. The minimum Gasteiger partial charge on any atom is -0.346 e. The number of rotatable bonds is 2. The zero-order valence-corrected chi connectivity index (χ0v) is 11.4. The topological polar surface area (TPSA) is 28.7 Å². The van der Waals surface area contributed by atoms with Crippen molar-refractivity contribution in [3.63, 3.8) is 0 Å². The van der Waals surface area contributed by atoms with Gasteiger partial charge in [0.2, 0.25) is 0 Å². The summed E-state index contributed by atoms with van der Waals surface area (Å²) in [5.74, 6) is -0.0124. The first-order valence-electron chi connectivity index (χ1n) is 5.84. The Labute approximate surface area is 111 Å². The summed E-state index contributed by atoms with van der Waals surface area (Å²) in [6.45, 7) is 6.06. The van der Waals surface area contributed by atoms with E-state index in [2.05, 4.69) is 23.8 Å². The molecule has 0 unspecified atom stereocenters. The molecule has 2 rings (SSSR count). The predicted molar refractivity (Wildman–Crippen MR) is 73.6 cm³/mol. The highest BCUT2D eigenvalue weighted by atomic mass is 32.1. The van der Waals surface area contributed by atoms with Crippen LogP contribution < -0.4 is 0 Å². The highest BCUT2D eigenvalue weighted by Gasteiger charge is 2.13. The molecule has 1 aromatic heterocycles. The molecule has 0 atom stereocenters. The standard InChI is InChI=1S/C14H15FN2S/c1-8(2)12-13(16-7-17-14(12)18)11-6-10(15)5-4-9(11)3/h4-8H,1-3H3,(H,16,17,18). The van der Waals surface area contributed by atoms with Crippen molar-refractivity contribution in [1.29, 1.82) is 0 Å². The molecule has 0 aliphatic carbocycles. The summed E-state index contributed by atoms with van der Waals surface area (Å²) in [5.41, 5.74) is 3.67. The number of aryl methyl sites for hydroxylation is 1. The van der Waals surface area contributed by atoms with Crippen molar-refractivity contribution in [2.45, 2.75) is 26.7 Å². The highest BCUT2D eigenvalue weighted by molar-refractivity contribution is 7.71. The minimum absolute atomic E-state index is 0.236. The average molecular weight is 262 g/mol. The molecule has 94 valence electrons. The van der Waals surface area contributed by atoms with E-state index >= 15 is 0 Å². The molecule has 0 bridgehead atoms. The zero-order valence-electron chi connectivity index (χ0n) is 10.6. The van der Waals surface area contributed by atoms with Crippen LogP contribution in [0, 0.1) is 17.4 Å². The van der Waals surface area contributed by atoms with Crippen LogP contribution >= 0.6 is 12.2 Å². The number of benzene rings is 1. The molecule has 4 heteroatoms. The fraction of sp³-hybridized carbons (Fsp3) is 0.286. The number of H-pyrrole nitrogens is 1. The van der Waals surface area contributed by atoms with Gasteiger partial charge in [0.05, 0.1) is 12.0 Å². The van der Waals surface area contributed by atoms with Gasteiger partial charge in [0.25, 0.3) is 0 Å². The highest BCUT2D eigenvalue weighted by Crippen LogP contribution is 2.30. The van der Waals surface area contributed by atoms with Crippen molar-refractivity contribution < 1.29 is 4.39 Å². The fourth-order valence-corrected chi connectivity index (χ4v) is 2.42. The molecule has 0 spiro atoms. The summed E-state index contributed by atoms with van der Waals surface area (Å²) >= 11 is 5.27. The molecule has 1 heterocycles. The van der Waals surface area contributed by atoms with Crippen LogP contribution in [-0.4, -0.2) is 9.97 Å². The normalized spacial score (nSPS) is 10.9. The monoisotopic (exact) mass is 262 g/mol. The van der Waals surface area contributed by atoms with Gasteiger partial charge in [-0.15, -0.1) is 0 Å². The van der Waals surface area contributed by atoms with Crippen LogP contribution in [0.4, 0.5) is 4.39 Å². The minimum atomic E-state index is -0.249. The Hall–Kier alpha value is -1.55. The van der Waals surface area contributed by atoms with Crippen molar-refractivity contribution in [3.05, 3.63) is 46.1 Å². The third kappa shape index (κ3) is 2.34. The molecule has 2 aromatic rings. The van der Waals surface area contributed by atoms with Crippen molar-refractivity contribution in [3.8, 4) is 11.3 Å². The Morgan fingerprint density at radius 2 is 2.06 bits per heavy atom. The third-order valence-electron chi connectivity index (χ3n) is 2.94. The third-order valence-corrected chi connectivity index (χ3v) is 3.26. The van der Waals surface area contributed by atoms with Gasteiger partial charge in [0.1, 0.15) is 10.5 Å². The van der Waals surface area contributed by atoms with E-state index in [9.17, 15) is 4.39 Å². The first-order chi connectivity index (χ1) is 8.50. The van der Waals surface area contributed by atoms with Gasteiger partial charge >= 0.3 is 0 Å². The second-order valence-electron chi connectivity index (χ2n) is 4.61. The number of hydrogen-bond donors (Lipinski definition) is 1. The SMILES string of the molecule is Cc1ccc(F)cc1-c1[nH]cnc(=S)c1C(C)C. The lowest BCUT2D eigenvalue weighted by Crippen LogP contribution is -2.00. The second kappa shape index (κ2) is 4.98. The summed E-state index contributed by atoms with van der Waals surface area (Å²) in [5, 5.41) is 0. The summed E-state index contributed by atoms with van der Waals surface area (Å²) in [6.07, 6.45) is 1.56. The Morgan fingerprint density at radius 1 is 1.33 bits per heavy atom. The fourth-order valence-electron chi connectivity index (χ4n) is 2.03. The van der Waals surface area contributed by atoms with E-state index in [-0.39, 0.29) is 11.7 Å². The summed E-state index contributed by atoms with van der Waals surface area (Å²) in [6, 6.07) is 4.76. The molecule has 0 saturated carbocycles. The largest absolute Gasteiger partial charge is 0.346 e. The summed E-state index contributed by atoms with van der Waals surface area (Å²) < 4.78 is 14.0.